The van der Waals surface area contributed by atoms with Gasteiger partial charge in [0.15, 0.2) is 6.29 Å². The molecule has 1 saturated heterocycles. The van der Waals surface area contributed by atoms with Crippen LogP contribution in [-0.4, -0.2) is 19.5 Å². The van der Waals surface area contributed by atoms with Gasteiger partial charge in [-0.25, -0.2) is 0 Å². The molecule has 0 N–H and O–H groups in total. The molecule has 2 rings (SSSR count). The first-order valence-electron chi connectivity index (χ1n) is 10.8. The lowest BCUT2D eigenvalue weighted by atomic mass is 9.71. The molecule has 156 valence electrons. The molecule has 0 saturated carbocycles. The predicted octanol–water partition coefficient (Wildman–Crippen LogP) is 7.30. The fourth-order valence-electron chi connectivity index (χ4n) is 4.32. The number of hydrogen-bond donors (Lipinski definition) is 0. The first kappa shape index (κ1) is 22.9. The van der Waals surface area contributed by atoms with Gasteiger partial charge in [0.05, 0.1) is 13.2 Å². The zero-order chi connectivity index (χ0) is 20.9. The lowest BCUT2D eigenvalue weighted by Crippen LogP contribution is -2.20. The molecule has 0 aromatic heterocycles. The molecule has 0 aromatic rings. The Morgan fingerprint density at radius 2 is 1.82 bits per heavy atom. The molecule has 0 amide bonds. The first-order chi connectivity index (χ1) is 13.0. The van der Waals surface area contributed by atoms with Gasteiger partial charge in [0, 0.05) is 5.57 Å². The Morgan fingerprint density at radius 3 is 2.39 bits per heavy atom. The summed E-state index contributed by atoms with van der Waals surface area (Å²) in [7, 11) is 0. The van der Waals surface area contributed by atoms with Crippen molar-refractivity contribution in [3.8, 4) is 0 Å². The van der Waals surface area contributed by atoms with Crippen LogP contribution in [0.15, 0.2) is 51.8 Å². The van der Waals surface area contributed by atoms with Crippen LogP contribution < -0.4 is 0 Å². The van der Waals surface area contributed by atoms with Crippen molar-refractivity contribution in [3.05, 3.63) is 51.8 Å². The normalized spacial score (nSPS) is 21.7. The monoisotopic (exact) mass is 384 g/mol. The highest BCUT2D eigenvalue weighted by molar-refractivity contribution is 5.36. The highest BCUT2D eigenvalue weighted by Gasteiger charge is 2.27. The predicted molar refractivity (Wildman–Crippen MR) is 119 cm³/mol. The summed E-state index contributed by atoms with van der Waals surface area (Å²) in [4.78, 5) is 0. The van der Waals surface area contributed by atoms with Crippen molar-refractivity contribution in [1.82, 2.24) is 0 Å². The molecule has 0 spiro atoms. The van der Waals surface area contributed by atoms with Crippen molar-refractivity contribution in [3.63, 3.8) is 0 Å². The largest absolute Gasteiger partial charge is 0.347 e. The van der Waals surface area contributed by atoms with E-state index in [4.69, 9.17) is 9.47 Å². The van der Waals surface area contributed by atoms with E-state index in [-0.39, 0.29) is 11.7 Å². The van der Waals surface area contributed by atoms with Crippen LogP contribution in [0.4, 0.5) is 0 Å². The number of allylic oxidation sites excluding steroid dienone is 6. The topological polar surface area (TPSA) is 18.5 Å². The maximum absolute atomic E-state index is 5.58. The molecule has 0 bridgehead atoms. The van der Waals surface area contributed by atoms with Crippen molar-refractivity contribution in [1.29, 1.82) is 0 Å². The molecule has 0 unspecified atom stereocenters. The van der Waals surface area contributed by atoms with Gasteiger partial charge in [0.2, 0.25) is 0 Å². The molecule has 1 aliphatic carbocycles. The highest BCUT2D eigenvalue weighted by atomic mass is 16.7. The second-order valence-corrected chi connectivity index (χ2v) is 10.0. The van der Waals surface area contributed by atoms with Crippen LogP contribution in [0.5, 0.6) is 0 Å². The van der Waals surface area contributed by atoms with E-state index in [0.29, 0.717) is 18.6 Å². The molecule has 0 atom stereocenters. The minimum Gasteiger partial charge on any atom is -0.347 e. The summed E-state index contributed by atoms with van der Waals surface area (Å²) in [6, 6.07) is 0. The Balaban J connectivity index is 2.24. The smallest absolute Gasteiger partial charge is 0.177 e. The quantitative estimate of drug-likeness (QED) is 0.281. The lowest BCUT2D eigenvalue weighted by molar-refractivity contribution is -0.00209. The van der Waals surface area contributed by atoms with Crippen LogP contribution in [0.3, 0.4) is 0 Å². The number of hydrogen-bond acceptors (Lipinski definition) is 2. The molecule has 1 fully saturated rings. The highest BCUT2D eigenvalue weighted by Crippen LogP contribution is 2.42. The molecule has 1 aliphatic heterocycles. The summed E-state index contributed by atoms with van der Waals surface area (Å²) in [5.41, 5.74) is 10.8. The molecule has 28 heavy (non-hydrogen) atoms. The average Bonchev–Trinajstić information content (AvgIpc) is 3.05. The second kappa shape index (κ2) is 9.44. The molecular formula is C26H40O2. The van der Waals surface area contributed by atoms with Gasteiger partial charge in [-0.2, -0.15) is 0 Å². The Morgan fingerprint density at radius 1 is 1.18 bits per heavy atom. The van der Waals surface area contributed by atoms with E-state index in [1.54, 1.807) is 11.1 Å². The minimum absolute atomic E-state index is 0.0143. The van der Waals surface area contributed by atoms with E-state index in [2.05, 4.69) is 79.3 Å². The molecule has 1 heterocycles. The summed E-state index contributed by atoms with van der Waals surface area (Å²) < 4.78 is 11.2. The van der Waals surface area contributed by atoms with Crippen molar-refractivity contribution in [2.24, 2.45) is 10.8 Å². The molecule has 2 aliphatic rings. The van der Waals surface area contributed by atoms with Crippen LogP contribution in [-0.2, 0) is 9.47 Å². The summed E-state index contributed by atoms with van der Waals surface area (Å²) in [6.07, 6.45) is 11.3. The van der Waals surface area contributed by atoms with Gasteiger partial charge in [-0.05, 0) is 80.6 Å². The molecule has 2 nitrogen and oxygen atoms in total. The number of ether oxygens (including phenoxy) is 2. The van der Waals surface area contributed by atoms with Gasteiger partial charge in [-0.1, -0.05) is 51.8 Å². The molecular weight excluding hydrogens is 344 g/mol. The van der Waals surface area contributed by atoms with Gasteiger partial charge >= 0.3 is 0 Å². The summed E-state index contributed by atoms with van der Waals surface area (Å²) >= 11 is 0. The van der Waals surface area contributed by atoms with Gasteiger partial charge in [0.1, 0.15) is 0 Å². The van der Waals surface area contributed by atoms with Crippen molar-refractivity contribution < 1.29 is 9.47 Å². The molecule has 0 radical (unpaired) electrons. The first-order valence-corrected chi connectivity index (χ1v) is 10.8. The lowest BCUT2D eigenvalue weighted by Gasteiger charge is -2.34. The van der Waals surface area contributed by atoms with Gasteiger partial charge in [0.25, 0.3) is 0 Å². The Kier molecular flexibility index (Phi) is 7.73. The summed E-state index contributed by atoms with van der Waals surface area (Å²) in [5.74, 6) is 0. The van der Waals surface area contributed by atoms with Gasteiger partial charge in [-0.3, -0.25) is 0 Å². The maximum atomic E-state index is 5.58. The Labute approximate surface area is 173 Å². The van der Waals surface area contributed by atoms with E-state index >= 15 is 0 Å². The van der Waals surface area contributed by atoms with E-state index in [1.807, 2.05) is 0 Å². The fourth-order valence-corrected chi connectivity index (χ4v) is 4.32. The van der Waals surface area contributed by atoms with Gasteiger partial charge in [-0.15, -0.1) is 5.73 Å². The zero-order valence-electron chi connectivity index (χ0n) is 19.4. The third-order valence-electron chi connectivity index (χ3n) is 5.94. The van der Waals surface area contributed by atoms with E-state index in [1.165, 1.54) is 36.0 Å². The fraction of sp³-hybridized carbons (Fsp3) is 0.654. The zero-order valence-corrected chi connectivity index (χ0v) is 19.4. The summed E-state index contributed by atoms with van der Waals surface area (Å²) in [5, 5.41) is 0. The molecule has 0 aromatic carbocycles. The summed E-state index contributed by atoms with van der Waals surface area (Å²) in [6.45, 7) is 19.4. The van der Waals surface area contributed by atoms with Crippen LogP contribution in [0, 0.1) is 10.8 Å². The van der Waals surface area contributed by atoms with E-state index < -0.39 is 0 Å². The van der Waals surface area contributed by atoms with Crippen LogP contribution in [0.1, 0.15) is 81.1 Å². The third-order valence-corrected chi connectivity index (χ3v) is 5.94. The number of rotatable bonds is 5. The SMILES string of the molecule is CC1=C(C/C=C(\C)C=C=C(/C(C)=C/C2OCCO2)C(C)(C)C)C(C)(C)CCC1. The average molecular weight is 385 g/mol. The maximum Gasteiger partial charge on any atom is 0.177 e. The van der Waals surface area contributed by atoms with E-state index in [9.17, 15) is 0 Å². The van der Waals surface area contributed by atoms with Gasteiger partial charge < -0.3 is 9.47 Å². The molecule has 2 heteroatoms. The van der Waals surface area contributed by atoms with Crippen LogP contribution in [0.2, 0.25) is 0 Å². The Bertz CT molecular complexity index is 710. The third kappa shape index (κ3) is 6.34. The van der Waals surface area contributed by atoms with Crippen molar-refractivity contribution >= 4 is 0 Å². The minimum atomic E-state index is -0.223. The van der Waals surface area contributed by atoms with Crippen LogP contribution in [0.25, 0.3) is 0 Å². The van der Waals surface area contributed by atoms with Crippen LogP contribution >= 0.6 is 0 Å². The Hall–Kier alpha value is -1.34. The van der Waals surface area contributed by atoms with E-state index in [0.717, 1.165) is 6.42 Å². The second-order valence-electron chi connectivity index (χ2n) is 10.0. The van der Waals surface area contributed by atoms with Crippen molar-refractivity contribution in [2.75, 3.05) is 13.2 Å². The van der Waals surface area contributed by atoms with Crippen molar-refractivity contribution in [2.45, 2.75) is 87.4 Å². The standard InChI is InChI=1S/C26H40O2/c1-19(12-14-23-20(2)10-9-15-26(23,7)8)11-13-22(25(4,5)6)21(3)18-24-27-16-17-28-24/h11-12,18,24H,9-10,14-17H2,1-8H3/b19-12+,21-18+.